The van der Waals surface area contributed by atoms with E-state index in [0.717, 1.165) is 32.0 Å². The van der Waals surface area contributed by atoms with Crippen molar-refractivity contribution >= 4 is 50.9 Å². The standard InChI is InChI=1S/3BrH.Ir.6HNO2.3Na.Rh.3H/c;;;;6*2-1-3;;;;;;;/h3*1H;;6*(H,2,3);;;;;;;/q;;;;;;;;;;3*+1;;3*-1/p-6. The molecule has 26 heavy (non-hydrogen) atoms. The maximum Gasteiger partial charge on any atom is 1.00 e. The zero-order valence-corrected chi connectivity index (χ0v) is 27.6. The maximum absolute atomic E-state index is 8.00. The summed E-state index contributed by atoms with van der Waals surface area (Å²) in [5.74, 6) is 0. The van der Waals surface area contributed by atoms with Crippen LogP contribution in [0.1, 0.15) is 4.28 Å². The van der Waals surface area contributed by atoms with Crippen LogP contribution in [0.25, 0.3) is 0 Å². The molecule has 26 heteroatoms. The predicted molar refractivity (Wildman–Crippen MR) is 89.3 cm³/mol. The van der Waals surface area contributed by atoms with Crippen LogP contribution in [-0.4, -0.2) is 0 Å². The van der Waals surface area contributed by atoms with Gasteiger partial charge in [0.2, 0.25) is 0 Å². The molecule has 0 rings (SSSR count). The number of hydrogen-bond donors (Lipinski definition) is 0. The Balaban J connectivity index is -0.00000000369. The summed E-state index contributed by atoms with van der Waals surface area (Å²) in [6.45, 7) is 0. The molecule has 2 radical (unpaired) electrons. The fraction of sp³-hybridized carbons (Fsp3) is 0. The molecule has 18 nitrogen and oxygen atoms in total. The topological polar surface area (TPSA) is 315 Å². The van der Waals surface area contributed by atoms with Gasteiger partial charge in [-0.2, -0.15) is 0 Å². The van der Waals surface area contributed by atoms with Crippen LogP contribution in [-0.2, 0) is 39.6 Å². The van der Waals surface area contributed by atoms with Crippen molar-refractivity contribution < 1.29 is 133 Å². The van der Waals surface area contributed by atoms with Crippen LogP contribution in [0.15, 0.2) is 32.0 Å². The van der Waals surface area contributed by atoms with Crippen LogP contribution >= 0.6 is 50.9 Å². The molecule has 0 fully saturated rings. The van der Waals surface area contributed by atoms with Crippen molar-refractivity contribution in [2.24, 2.45) is 32.0 Å². The number of halogens is 3. The molecule has 0 unspecified atom stereocenters. The fourth-order valence-electron chi connectivity index (χ4n) is 0. The molecular formula is H6Br3IrN6Na3O12Rh-6. The number of nitrogens with zero attached hydrogens (tertiary/aromatic N) is 6. The van der Waals surface area contributed by atoms with Crippen LogP contribution in [0.3, 0.4) is 0 Å². The Hall–Kier alpha value is 2.11. The van der Waals surface area contributed by atoms with Gasteiger partial charge in [0.05, 0.1) is 0 Å². The van der Waals surface area contributed by atoms with Crippen molar-refractivity contribution in [3.8, 4) is 0 Å². The molecule has 0 amide bonds. The van der Waals surface area contributed by atoms with Crippen molar-refractivity contribution in [2.45, 2.75) is 0 Å². The molecule has 0 aromatic carbocycles. The van der Waals surface area contributed by atoms with Gasteiger partial charge in [-0.3, -0.25) is 0 Å². The first-order chi connectivity index (χ1) is 8.49. The van der Waals surface area contributed by atoms with Crippen LogP contribution in [0, 0.1) is 60.7 Å². The fourth-order valence-corrected chi connectivity index (χ4v) is 0. The van der Waals surface area contributed by atoms with E-state index in [1.54, 1.807) is 0 Å². The first kappa shape index (κ1) is 104. The van der Waals surface area contributed by atoms with Crippen LogP contribution in [0.5, 0.6) is 0 Å². The average Bonchev–Trinajstić information content (AvgIpc) is 2.23. The second kappa shape index (κ2) is 281. The third kappa shape index (κ3) is 3690. The SMILES string of the molecule is Br.Br.Br.O=N[O-].O=N[O-].O=N[O-].O=N[O-].O=N[O-].O=N[O-].[H-].[H-].[H-].[Ir].[Na+].[Na+].[Na+].[Rh]. The Bertz CT molecular complexity index is 160. The van der Waals surface area contributed by atoms with E-state index in [1.165, 1.54) is 0 Å². The molecule has 0 saturated carbocycles. The van der Waals surface area contributed by atoms with Gasteiger partial charge in [-0.05, 0) is 0 Å². The van der Waals surface area contributed by atoms with Crippen LogP contribution < -0.4 is 88.7 Å². The number of hydrogen-bond acceptors (Lipinski definition) is 18. The Morgan fingerprint density at radius 1 is 0.423 bits per heavy atom. The van der Waals surface area contributed by atoms with Crippen LogP contribution in [0.4, 0.5) is 0 Å². The smallest absolute Gasteiger partial charge is 1.00 e. The van der Waals surface area contributed by atoms with E-state index < -0.39 is 0 Å². The normalized spacial score (nSPS) is 2.77. The quantitative estimate of drug-likeness (QED) is 0.125. The summed E-state index contributed by atoms with van der Waals surface area (Å²) in [7, 11) is 0. The molecule has 0 saturated heterocycles. The molecule has 0 heterocycles. The van der Waals surface area contributed by atoms with E-state index in [4.69, 9.17) is 60.7 Å². The van der Waals surface area contributed by atoms with E-state index in [1.807, 2.05) is 0 Å². The van der Waals surface area contributed by atoms with Gasteiger partial charge in [0.1, 0.15) is 0 Å². The first-order valence-electron chi connectivity index (χ1n) is 2.19. The van der Waals surface area contributed by atoms with Crippen molar-refractivity contribution in [1.82, 2.24) is 0 Å². The summed E-state index contributed by atoms with van der Waals surface area (Å²) < 4.78 is 0. The molecule has 0 aromatic rings. The summed E-state index contributed by atoms with van der Waals surface area (Å²) in [4.78, 5) is 48.0. The minimum atomic E-state index is 0. The van der Waals surface area contributed by atoms with Crippen molar-refractivity contribution in [1.29, 1.82) is 0 Å². The molecule has 0 N–H and O–H groups in total. The van der Waals surface area contributed by atoms with Gasteiger partial charge in [0, 0.05) is 39.6 Å². The van der Waals surface area contributed by atoms with Crippen LogP contribution in [0.2, 0.25) is 0 Å². The average molecular weight is 886 g/mol. The second-order valence-electron chi connectivity index (χ2n) is 0.447. The summed E-state index contributed by atoms with van der Waals surface area (Å²) in [6, 6.07) is 0. The van der Waals surface area contributed by atoms with Gasteiger partial charge in [-0.1, -0.05) is 0 Å². The van der Waals surface area contributed by atoms with Gasteiger partial charge in [0.25, 0.3) is 0 Å². The zero-order valence-electron chi connectivity index (χ0n) is 15.5. The van der Waals surface area contributed by atoms with E-state index in [-0.39, 0.29) is 183 Å². The second-order valence-corrected chi connectivity index (χ2v) is 0.447. The summed E-state index contributed by atoms with van der Waals surface area (Å²) >= 11 is 0. The minimum absolute atomic E-state index is 0. The van der Waals surface area contributed by atoms with E-state index in [2.05, 4.69) is 0 Å². The van der Waals surface area contributed by atoms with E-state index in [9.17, 15) is 0 Å². The minimum Gasteiger partial charge on any atom is -1.00 e. The molecule has 0 aliphatic heterocycles. The van der Waals surface area contributed by atoms with Crippen molar-refractivity contribution in [3.63, 3.8) is 0 Å². The zero-order chi connectivity index (χ0) is 16.2. The third-order valence-electron chi connectivity index (χ3n) is 0. The van der Waals surface area contributed by atoms with Gasteiger partial charge in [-0.25, -0.2) is 0 Å². The van der Waals surface area contributed by atoms with Gasteiger partial charge in [-0.15, -0.1) is 83.0 Å². The Morgan fingerprint density at radius 2 is 0.423 bits per heavy atom. The van der Waals surface area contributed by atoms with E-state index in [0.29, 0.717) is 0 Å². The van der Waals surface area contributed by atoms with Gasteiger partial charge in [0.15, 0.2) is 0 Å². The largest absolute Gasteiger partial charge is 1.00 e. The summed E-state index contributed by atoms with van der Waals surface area (Å²) in [5.41, 5.74) is 0. The Morgan fingerprint density at radius 3 is 0.423 bits per heavy atom. The molecule has 0 spiro atoms. The molecule has 0 atom stereocenters. The van der Waals surface area contributed by atoms with Crippen molar-refractivity contribution in [2.75, 3.05) is 0 Å². The third-order valence-corrected chi connectivity index (χ3v) is 0. The Kier molecular flexibility index (Phi) is 1120. The van der Waals surface area contributed by atoms with Gasteiger partial charge >= 0.3 is 88.7 Å². The molecular weight excluding hydrogens is 880 g/mol. The molecule has 0 aromatic heterocycles. The summed E-state index contributed by atoms with van der Waals surface area (Å²) in [5, 5.41) is 54.0. The predicted octanol–water partition coefficient (Wildman–Crippen LogP) is -5.42. The number of rotatable bonds is 0. The molecule has 156 valence electrons. The molecule has 0 aliphatic rings. The first-order valence-corrected chi connectivity index (χ1v) is 2.19. The maximum atomic E-state index is 8.00. The summed E-state index contributed by atoms with van der Waals surface area (Å²) in [6.07, 6.45) is 0. The van der Waals surface area contributed by atoms with Crippen molar-refractivity contribution in [3.05, 3.63) is 60.7 Å². The molecule has 0 aliphatic carbocycles. The Labute approximate surface area is 272 Å². The monoisotopic (exact) mass is 884 g/mol. The molecule has 0 bridgehead atoms. The van der Waals surface area contributed by atoms with E-state index >= 15 is 0 Å². The van der Waals surface area contributed by atoms with Gasteiger partial charge < -0.3 is 65.0 Å².